The van der Waals surface area contributed by atoms with E-state index < -0.39 is 0 Å². The molecule has 0 N–H and O–H groups in total. The quantitative estimate of drug-likeness (QED) is 0.348. The predicted octanol–water partition coefficient (Wildman–Crippen LogP) is 3.47. The van der Waals surface area contributed by atoms with E-state index in [4.69, 9.17) is 4.74 Å². The number of rotatable bonds is 8. The van der Waals surface area contributed by atoms with Crippen LogP contribution in [0, 0.1) is 5.41 Å². The standard InChI is InChI=1S/C13H22O2/c1-3-5-6-7-8-13(9-10-13)11-15-12(14)4-2/h4H,2-3,5-11H2,1H3. The number of carbonyl (C=O) groups excluding carboxylic acids is 1. The number of ether oxygens (including phenoxy) is 1. The number of esters is 1. The van der Waals surface area contributed by atoms with Crippen LogP contribution in [-0.2, 0) is 9.53 Å². The van der Waals surface area contributed by atoms with Gasteiger partial charge in [0.1, 0.15) is 0 Å². The Hall–Kier alpha value is -0.790. The van der Waals surface area contributed by atoms with Crippen LogP contribution in [0.2, 0.25) is 0 Å². The van der Waals surface area contributed by atoms with E-state index in [0.717, 1.165) is 0 Å². The maximum absolute atomic E-state index is 10.9. The first-order chi connectivity index (χ1) is 7.22. The third kappa shape index (κ3) is 4.50. The van der Waals surface area contributed by atoms with Crippen LogP contribution in [0.15, 0.2) is 12.7 Å². The molecule has 0 spiro atoms. The monoisotopic (exact) mass is 210 g/mol. The second-order valence-corrected chi connectivity index (χ2v) is 4.62. The lowest BCUT2D eigenvalue weighted by Gasteiger charge is -2.14. The van der Waals surface area contributed by atoms with E-state index in [1.807, 2.05) is 0 Å². The van der Waals surface area contributed by atoms with Crippen molar-refractivity contribution in [1.82, 2.24) is 0 Å². The molecule has 1 fully saturated rings. The molecule has 86 valence electrons. The fraction of sp³-hybridized carbons (Fsp3) is 0.769. The number of carbonyl (C=O) groups is 1. The van der Waals surface area contributed by atoms with Crippen molar-refractivity contribution < 1.29 is 9.53 Å². The molecular formula is C13H22O2. The molecule has 0 aliphatic heterocycles. The molecule has 1 aliphatic rings. The predicted molar refractivity (Wildman–Crippen MR) is 61.6 cm³/mol. The van der Waals surface area contributed by atoms with Gasteiger partial charge in [-0.15, -0.1) is 0 Å². The molecule has 0 aromatic carbocycles. The minimum atomic E-state index is -0.283. The average Bonchev–Trinajstić information content (AvgIpc) is 3.02. The molecule has 0 heterocycles. The van der Waals surface area contributed by atoms with Gasteiger partial charge in [0.15, 0.2) is 0 Å². The number of hydrogen-bond acceptors (Lipinski definition) is 2. The Kier molecular flexibility index (Phi) is 4.86. The van der Waals surface area contributed by atoms with E-state index in [0.29, 0.717) is 12.0 Å². The summed E-state index contributed by atoms with van der Waals surface area (Å²) in [5, 5.41) is 0. The zero-order valence-corrected chi connectivity index (χ0v) is 9.76. The molecule has 0 aromatic heterocycles. The van der Waals surface area contributed by atoms with Crippen molar-refractivity contribution in [2.45, 2.75) is 51.9 Å². The normalized spacial score (nSPS) is 17.1. The molecule has 0 radical (unpaired) electrons. The highest BCUT2D eigenvalue weighted by atomic mass is 16.5. The highest BCUT2D eigenvalue weighted by Crippen LogP contribution is 2.50. The van der Waals surface area contributed by atoms with Gasteiger partial charge in [0.25, 0.3) is 0 Å². The van der Waals surface area contributed by atoms with E-state index in [9.17, 15) is 4.79 Å². The van der Waals surface area contributed by atoms with E-state index in [1.165, 1.54) is 51.0 Å². The summed E-state index contributed by atoms with van der Waals surface area (Å²) in [5.41, 5.74) is 0.340. The van der Waals surface area contributed by atoms with E-state index >= 15 is 0 Å². The fourth-order valence-electron chi connectivity index (χ4n) is 1.85. The SMILES string of the molecule is C=CC(=O)OCC1(CCCCCC)CC1. The van der Waals surface area contributed by atoms with E-state index in [-0.39, 0.29) is 5.97 Å². The topological polar surface area (TPSA) is 26.3 Å². The van der Waals surface area contributed by atoms with Gasteiger partial charge in [-0.05, 0) is 19.3 Å². The molecule has 2 nitrogen and oxygen atoms in total. The summed E-state index contributed by atoms with van der Waals surface area (Å²) in [6.07, 6.45) is 10.1. The molecular weight excluding hydrogens is 188 g/mol. The minimum Gasteiger partial charge on any atom is -0.462 e. The summed E-state index contributed by atoms with van der Waals surface area (Å²) < 4.78 is 5.12. The first kappa shape index (κ1) is 12.3. The van der Waals surface area contributed by atoms with Gasteiger partial charge in [-0.25, -0.2) is 4.79 Å². The second-order valence-electron chi connectivity index (χ2n) is 4.62. The van der Waals surface area contributed by atoms with Crippen molar-refractivity contribution >= 4 is 5.97 Å². The summed E-state index contributed by atoms with van der Waals surface area (Å²) in [7, 11) is 0. The average molecular weight is 210 g/mol. The molecule has 0 atom stereocenters. The number of hydrogen-bond donors (Lipinski definition) is 0. The van der Waals surface area contributed by atoms with Gasteiger partial charge < -0.3 is 4.74 Å². The summed E-state index contributed by atoms with van der Waals surface area (Å²) in [6.45, 7) is 6.22. The van der Waals surface area contributed by atoms with Gasteiger partial charge >= 0.3 is 5.97 Å². The van der Waals surface area contributed by atoms with Gasteiger partial charge in [-0.3, -0.25) is 0 Å². The van der Waals surface area contributed by atoms with Crippen molar-refractivity contribution in [1.29, 1.82) is 0 Å². The molecule has 2 heteroatoms. The van der Waals surface area contributed by atoms with Gasteiger partial charge in [-0.2, -0.15) is 0 Å². The van der Waals surface area contributed by atoms with Gasteiger partial charge in [0, 0.05) is 11.5 Å². The molecule has 0 aromatic rings. The first-order valence-electron chi connectivity index (χ1n) is 6.02. The Morgan fingerprint density at radius 1 is 1.40 bits per heavy atom. The maximum atomic E-state index is 10.9. The Balaban J connectivity index is 2.10. The summed E-state index contributed by atoms with van der Waals surface area (Å²) in [6, 6.07) is 0. The minimum absolute atomic E-state index is 0.283. The molecule has 0 unspecified atom stereocenters. The highest BCUT2D eigenvalue weighted by molar-refractivity contribution is 5.81. The van der Waals surface area contributed by atoms with Crippen LogP contribution in [0.4, 0.5) is 0 Å². The van der Waals surface area contributed by atoms with Crippen LogP contribution >= 0.6 is 0 Å². The van der Waals surface area contributed by atoms with E-state index in [2.05, 4.69) is 13.5 Å². The fourth-order valence-corrected chi connectivity index (χ4v) is 1.85. The van der Waals surface area contributed by atoms with Crippen molar-refractivity contribution in [2.24, 2.45) is 5.41 Å². The van der Waals surface area contributed by atoms with Crippen LogP contribution in [0.3, 0.4) is 0 Å². The molecule has 0 amide bonds. The van der Waals surface area contributed by atoms with Gasteiger partial charge in [0.05, 0.1) is 6.61 Å². The lowest BCUT2D eigenvalue weighted by molar-refractivity contribution is -0.139. The Bertz CT molecular complexity index is 217. The molecule has 1 saturated carbocycles. The Morgan fingerprint density at radius 3 is 2.67 bits per heavy atom. The van der Waals surface area contributed by atoms with Crippen LogP contribution in [-0.4, -0.2) is 12.6 Å². The molecule has 1 rings (SSSR count). The lowest BCUT2D eigenvalue weighted by Crippen LogP contribution is -2.13. The Labute approximate surface area is 92.7 Å². The summed E-state index contributed by atoms with van der Waals surface area (Å²) >= 11 is 0. The largest absolute Gasteiger partial charge is 0.462 e. The molecule has 0 saturated heterocycles. The van der Waals surface area contributed by atoms with Crippen molar-refractivity contribution in [3.05, 3.63) is 12.7 Å². The maximum Gasteiger partial charge on any atom is 0.330 e. The Morgan fingerprint density at radius 2 is 2.13 bits per heavy atom. The number of unbranched alkanes of at least 4 members (excludes halogenated alkanes) is 3. The molecule has 0 bridgehead atoms. The van der Waals surface area contributed by atoms with Crippen LogP contribution < -0.4 is 0 Å². The third-order valence-electron chi connectivity index (χ3n) is 3.21. The smallest absolute Gasteiger partial charge is 0.330 e. The van der Waals surface area contributed by atoms with Crippen LogP contribution in [0.1, 0.15) is 51.9 Å². The summed E-state index contributed by atoms with van der Waals surface area (Å²) in [5.74, 6) is -0.283. The molecule has 1 aliphatic carbocycles. The highest BCUT2D eigenvalue weighted by Gasteiger charge is 2.42. The van der Waals surface area contributed by atoms with Crippen LogP contribution in [0.25, 0.3) is 0 Å². The van der Waals surface area contributed by atoms with Gasteiger partial charge in [0.2, 0.25) is 0 Å². The van der Waals surface area contributed by atoms with Crippen molar-refractivity contribution in [3.63, 3.8) is 0 Å². The summed E-state index contributed by atoms with van der Waals surface area (Å²) in [4.78, 5) is 10.9. The van der Waals surface area contributed by atoms with Gasteiger partial charge in [-0.1, -0.05) is 39.2 Å². The van der Waals surface area contributed by atoms with E-state index in [1.54, 1.807) is 0 Å². The zero-order valence-electron chi connectivity index (χ0n) is 9.76. The third-order valence-corrected chi connectivity index (χ3v) is 3.21. The van der Waals surface area contributed by atoms with Crippen LogP contribution in [0.5, 0.6) is 0 Å². The van der Waals surface area contributed by atoms with Crippen molar-refractivity contribution in [2.75, 3.05) is 6.61 Å². The first-order valence-corrected chi connectivity index (χ1v) is 6.02. The van der Waals surface area contributed by atoms with Crippen molar-refractivity contribution in [3.8, 4) is 0 Å². The molecule has 15 heavy (non-hydrogen) atoms. The zero-order chi connectivity index (χ0) is 11.1. The lowest BCUT2D eigenvalue weighted by atomic mass is 9.99. The second kappa shape index (κ2) is 5.94.